The van der Waals surface area contributed by atoms with E-state index in [0.717, 1.165) is 19.5 Å². The van der Waals surface area contributed by atoms with E-state index in [4.69, 9.17) is 0 Å². The molecule has 0 atom stereocenters. The Labute approximate surface area is 91.2 Å². The monoisotopic (exact) mass is 205 g/mol. The van der Waals surface area contributed by atoms with Gasteiger partial charge in [0, 0.05) is 30.9 Å². The second-order valence-electron chi connectivity index (χ2n) is 4.13. The molecule has 1 aliphatic carbocycles. The van der Waals surface area contributed by atoms with Gasteiger partial charge in [-0.3, -0.25) is 4.68 Å². The van der Waals surface area contributed by atoms with Crippen LogP contribution in [-0.4, -0.2) is 15.8 Å². The van der Waals surface area contributed by atoms with E-state index in [1.54, 1.807) is 0 Å². The zero-order chi connectivity index (χ0) is 10.5. The zero-order valence-electron chi connectivity index (χ0n) is 9.32. The Morgan fingerprint density at radius 1 is 1.47 bits per heavy atom. The first-order valence-corrected chi connectivity index (χ1v) is 5.78. The first kappa shape index (κ1) is 10.4. The molecule has 3 nitrogen and oxygen atoms in total. The Morgan fingerprint density at radius 2 is 2.27 bits per heavy atom. The van der Waals surface area contributed by atoms with E-state index in [9.17, 15) is 0 Å². The first-order chi connectivity index (χ1) is 7.38. The smallest absolute Gasteiger partial charge is 0.0534 e. The minimum Gasteiger partial charge on any atom is -0.309 e. The lowest BCUT2D eigenvalue weighted by molar-refractivity contribution is 0.537. The average Bonchev–Trinajstić information content (AvgIpc) is 2.85. The Kier molecular flexibility index (Phi) is 3.56. The summed E-state index contributed by atoms with van der Waals surface area (Å²) in [5.41, 5.74) is 1.29. The summed E-state index contributed by atoms with van der Waals surface area (Å²) in [4.78, 5) is 0. The van der Waals surface area contributed by atoms with E-state index in [1.807, 2.05) is 10.9 Å². The van der Waals surface area contributed by atoms with Crippen LogP contribution in [0.3, 0.4) is 0 Å². The van der Waals surface area contributed by atoms with Crippen molar-refractivity contribution >= 4 is 0 Å². The fourth-order valence-electron chi connectivity index (χ4n) is 1.90. The third kappa shape index (κ3) is 2.93. The average molecular weight is 205 g/mol. The van der Waals surface area contributed by atoms with Crippen molar-refractivity contribution in [3.8, 4) is 0 Å². The lowest BCUT2D eigenvalue weighted by Crippen LogP contribution is -2.25. The molecule has 1 aliphatic rings. The molecule has 3 heteroatoms. The molecule has 0 aromatic carbocycles. The number of hydrogen-bond acceptors (Lipinski definition) is 2. The summed E-state index contributed by atoms with van der Waals surface area (Å²) in [6.45, 7) is 4.13. The molecule has 0 saturated heterocycles. The Bertz CT molecular complexity index is 319. The molecule has 1 aromatic heterocycles. The molecule has 0 spiro atoms. The molecule has 0 bridgehead atoms. The van der Waals surface area contributed by atoms with Crippen molar-refractivity contribution in [2.75, 3.05) is 0 Å². The third-order valence-electron chi connectivity index (χ3n) is 2.74. The fourth-order valence-corrected chi connectivity index (χ4v) is 1.90. The normalized spacial score (nSPS) is 16.3. The topological polar surface area (TPSA) is 29.9 Å². The Morgan fingerprint density at radius 3 is 3.00 bits per heavy atom. The quantitative estimate of drug-likeness (QED) is 0.746. The molecule has 1 aromatic rings. The SMILES string of the molecule is CCCn1cc(CNC2CC=CC2)cn1. The second kappa shape index (κ2) is 5.12. The van der Waals surface area contributed by atoms with Crippen molar-refractivity contribution in [2.45, 2.75) is 45.3 Å². The van der Waals surface area contributed by atoms with Crippen LogP contribution in [0.25, 0.3) is 0 Å². The maximum Gasteiger partial charge on any atom is 0.0534 e. The number of nitrogens with zero attached hydrogens (tertiary/aromatic N) is 2. The second-order valence-corrected chi connectivity index (χ2v) is 4.13. The molecule has 0 aliphatic heterocycles. The number of hydrogen-bond donors (Lipinski definition) is 1. The molecule has 0 radical (unpaired) electrons. The third-order valence-corrected chi connectivity index (χ3v) is 2.74. The van der Waals surface area contributed by atoms with Gasteiger partial charge in [-0.05, 0) is 19.3 Å². The van der Waals surface area contributed by atoms with E-state index in [-0.39, 0.29) is 0 Å². The van der Waals surface area contributed by atoms with Crippen LogP contribution in [0.5, 0.6) is 0 Å². The van der Waals surface area contributed by atoms with Crippen molar-refractivity contribution < 1.29 is 0 Å². The minimum absolute atomic E-state index is 0.638. The van der Waals surface area contributed by atoms with Gasteiger partial charge in [0.15, 0.2) is 0 Å². The summed E-state index contributed by atoms with van der Waals surface area (Å²) < 4.78 is 2.02. The standard InChI is InChI=1S/C12H19N3/c1-2-7-15-10-11(9-14-15)8-13-12-5-3-4-6-12/h3-4,9-10,12-13H,2,5-8H2,1H3. The highest BCUT2D eigenvalue weighted by Crippen LogP contribution is 2.10. The summed E-state index contributed by atoms with van der Waals surface area (Å²) >= 11 is 0. The van der Waals surface area contributed by atoms with Gasteiger partial charge in [0.25, 0.3) is 0 Å². The van der Waals surface area contributed by atoms with Crippen LogP contribution in [0, 0.1) is 0 Å². The predicted molar refractivity (Wildman–Crippen MR) is 61.5 cm³/mol. The predicted octanol–water partition coefficient (Wildman–Crippen LogP) is 2.10. The van der Waals surface area contributed by atoms with Crippen molar-refractivity contribution in [2.24, 2.45) is 0 Å². The van der Waals surface area contributed by atoms with Gasteiger partial charge >= 0.3 is 0 Å². The van der Waals surface area contributed by atoms with Crippen LogP contribution >= 0.6 is 0 Å². The van der Waals surface area contributed by atoms with Crippen LogP contribution in [0.4, 0.5) is 0 Å². The van der Waals surface area contributed by atoms with E-state index < -0.39 is 0 Å². The van der Waals surface area contributed by atoms with Crippen molar-refractivity contribution in [3.05, 3.63) is 30.1 Å². The van der Waals surface area contributed by atoms with Crippen LogP contribution in [0.15, 0.2) is 24.5 Å². The van der Waals surface area contributed by atoms with Gasteiger partial charge < -0.3 is 5.32 Å². The minimum atomic E-state index is 0.638. The molecule has 1 N–H and O–H groups in total. The summed E-state index contributed by atoms with van der Waals surface area (Å²) in [6, 6.07) is 0.638. The largest absolute Gasteiger partial charge is 0.309 e. The van der Waals surface area contributed by atoms with Gasteiger partial charge in [0.05, 0.1) is 6.20 Å². The highest BCUT2D eigenvalue weighted by atomic mass is 15.3. The summed E-state index contributed by atoms with van der Waals surface area (Å²) in [6.07, 6.45) is 12.1. The van der Waals surface area contributed by atoms with E-state index in [0.29, 0.717) is 6.04 Å². The maximum atomic E-state index is 4.31. The molecule has 0 saturated carbocycles. The fraction of sp³-hybridized carbons (Fsp3) is 0.583. The van der Waals surface area contributed by atoms with E-state index in [2.05, 4.69) is 35.7 Å². The Balaban J connectivity index is 1.77. The molecular weight excluding hydrogens is 186 g/mol. The van der Waals surface area contributed by atoms with Crippen LogP contribution in [0.1, 0.15) is 31.7 Å². The summed E-state index contributed by atoms with van der Waals surface area (Å²) in [7, 11) is 0. The molecule has 82 valence electrons. The molecule has 0 unspecified atom stereocenters. The summed E-state index contributed by atoms with van der Waals surface area (Å²) in [5.74, 6) is 0. The Hall–Kier alpha value is -1.09. The molecule has 0 amide bonds. The summed E-state index contributed by atoms with van der Waals surface area (Å²) in [5, 5.41) is 7.85. The molecule has 0 fully saturated rings. The lowest BCUT2D eigenvalue weighted by Gasteiger charge is -2.10. The number of nitrogens with one attached hydrogen (secondary N) is 1. The van der Waals surface area contributed by atoms with E-state index >= 15 is 0 Å². The lowest BCUT2D eigenvalue weighted by atomic mass is 10.2. The van der Waals surface area contributed by atoms with Crippen molar-refractivity contribution in [3.63, 3.8) is 0 Å². The number of aryl methyl sites for hydroxylation is 1. The number of rotatable bonds is 5. The zero-order valence-corrected chi connectivity index (χ0v) is 9.32. The van der Waals surface area contributed by atoms with Crippen LogP contribution < -0.4 is 5.32 Å². The molecule has 2 rings (SSSR count). The van der Waals surface area contributed by atoms with Gasteiger partial charge in [0.1, 0.15) is 0 Å². The highest BCUT2D eigenvalue weighted by molar-refractivity contribution is 5.05. The van der Waals surface area contributed by atoms with Crippen LogP contribution in [-0.2, 0) is 13.1 Å². The van der Waals surface area contributed by atoms with Gasteiger partial charge in [-0.1, -0.05) is 19.1 Å². The molecular formula is C12H19N3. The van der Waals surface area contributed by atoms with Gasteiger partial charge in [0.2, 0.25) is 0 Å². The van der Waals surface area contributed by atoms with Gasteiger partial charge in [-0.2, -0.15) is 5.10 Å². The van der Waals surface area contributed by atoms with E-state index in [1.165, 1.54) is 18.4 Å². The first-order valence-electron chi connectivity index (χ1n) is 5.78. The molecule has 1 heterocycles. The molecule has 15 heavy (non-hydrogen) atoms. The maximum absolute atomic E-state index is 4.31. The highest BCUT2D eigenvalue weighted by Gasteiger charge is 2.09. The van der Waals surface area contributed by atoms with Gasteiger partial charge in [-0.15, -0.1) is 0 Å². The van der Waals surface area contributed by atoms with Crippen molar-refractivity contribution in [1.82, 2.24) is 15.1 Å². The van der Waals surface area contributed by atoms with Crippen molar-refractivity contribution in [1.29, 1.82) is 0 Å². The van der Waals surface area contributed by atoms with Crippen LogP contribution in [0.2, 0.25) is 0 Å². The van der Waals surface area contributed by atoms with Gasteiger partial charge in [-0.25, -0.2) is 0 Å². The number of aromatic nitrogens is 2.